The van der Waals surface area contributed by atoms with Crippen molar-refractivity contribution < 1.29 is 14.3 Å². The van der Waals surface area contributed by atoms with Crippen LogP contribution >= 0.6 is 0 Å². The van der Waals surface area contributed by atoms with Crippen LogP contribution in [-0.2, 0) is 16.0 Å². The van der Waals surface area contributed by atoms with Crippen LogP contribution in [0.5, 0.6) is 5.75 Å². The number of fused-ring (bicyclic) bond motifs is 1. The quantitative estimate of drug-likeness (QED) is 0.447. The molecule has 0 aliphatic carbocycles. The van der Waals surface area contributed by atoms with Crippen molar-refractivity contribution in [3.63, 3.8) is 0 Å². The summed E-state index contributed by atoms with van der Waals surface area (Å²) < 4.78 is 10.1. The SMILES string of the molecule is COC(=O)C[C@H](c1c(Cc2ccc(OC)cc2)[nH][nH]c1=O)c1cccc2nccnc12. The Morgan fingerprint density at radius 1 is 1.03 bits per heavy atom. The third-order valence-electron chi connectivity index (χ3n) is 5.29. The largest absolute Gasteiger partial charge is 0.497 e. The highest BCUT2D eigenvalue weighted by Gasteiger charge is 2.27. The van der Waals surface area contributed by atoms with Gasteiger partial charge in [0.1, 0.15) is 5.75 Å². The first-order valence-corrected chi connectivity index (χ1v) is 9.79. The van der Waals surface area contributed by atoms with Crippen LogP contribution in [0.2, 0.25) is 0 Å². The summed E-state index contributed by atoms with van der Waals surface area (Å²) in [6.07, 6.45) is 3.69. The molecule has 0 spiro atoms. The molecule has 4 rings (SSSR count). The fourth-order valence-corrected chi connectivity index (χ4v) is 3.77. The molecule has 0 saturated carbocycles. The van der Waals surface area contributed by atoms with Gasteiger partial charge in [0.2, 0.25) is 0 Å². The summed E-state index contributed by atoms with van der Waals surface area (Å²) in [5, 5.41) is 5.66. The van der Waals surface area contributed by atoms with Gasteiger partial charge in [-0.25, -0.2) is 0 Å². The Hall–Kier alpha value is -3.94. The Morgan fingerprint density at radius 2 is 1.81 bits per heavy atom. The van der Waals surface area contributed by atoms with Crippen molar-refractivity contribution >= 4 is 17.0 Å². The Morgan fingerprint density at radius 3 is 2.55 bits per heavy atom. The van der Waals surface area contributed by atoms with E-state index in [1.54, 1.807) is 19.5 Å². The molecule has 0 amide bonds. The summed E-state index contributed by atoms with van der Waals surface area (Å²) in [5.41, 5.74) is 3.99. The molecule has 0 bridgehead atoms. The van der Waals surface area contributed by atoms with E-state index < -0.39 is 11.9 Å². The predicted molar refractivity (Wildman–Crippen MR) is 115 cm³/mol. The molecule has 0 unspecified atom stereocenters. The number of rotatable bonds is 7. The number of nitrogens with zero attached hydrogens (tertiary/aromatic N) is 2. The fourth-order valence-electron chi connectivity index (χ4n) is 3.77. The van der Waals surface area contributed by atoms with Gasteiger partial charge in [-0.2, -0.15) is 0 Å². The minimum absolute atomic E-state index is 0.00271. The van der Waals surface area contributed by atoms with Gasteiger partial charge in [0, 0.05) is 36.0 Å². The molecule has 0 aliphatic rings. The van der Waals surface area contributed by atoms with Crippen molar-refractivity contribution in [1.29, 1.82) is 0 Å². The molecule has 2 aromatic carbocycles. The molecule has 0 aliphatic heterocycles. The van der Waals surface area contributed by atoms with E-state index in [-0.39, 0.29) is 12.0 Å². The maximum Gasteiger partial charge on any atom is 0.306 e. The molecule has 4 aromatic rings. The van der Waals surface area contributed by atoms with Gasteiger partial charge in [0.05, 0.1) is 31.7 Å². The zero-order valence-electron chi connectivity index (χ0n) is 17.2. The van der Waals surface area contributed by atoms with Crippen LogP contribution in [-0.4, -0.2) is 40.4 Å². The van der Waals surface area contributed by atoms with Crippen LogP contribution in [0.4, 0.5) is 0 Å². The summed E-state index contributed by atoms with van der Waals surface area (Å²) in [4.78, 5) is 33.9. The third kappa shape index (κ3) is 4.18. The Bertz CT molecular complexity index is 1260. The van der Waals surface area contributed by atoms with Crippen molar-refractivity contribution in [2.45, 2.75) is 18.8 Å². The van der Waals surface area contributed by atoms with Gasteiger partial charge in [-0.3, -0.25) is 24.7 Å². The minimum Gasteiger partial charge on any atom is -0.497 e. The van der Waals surface area contributed by atoms with Crippen LogP contribution in [0.25, 0.3) is 11.0 Å². The summed E-state index contributed by atoms with van der Waals surface area (Å²) in [6.45, 7) is 0. The highest BCUT2D eigenvalue weighted by Crippen LogP contribution is 2.32. The number of methoxy groups -OCH3 is 2. The third-order valence-corrected chi connectivity index (χ3v) is 5.29. The second kappa shape index (κ2) is 8.83. The van der Waals surface area contributed by atoms with Gasteiger partial charge in [-0.15, -0.1) is 0 Å². The number of para-hydroxylation sites is 1. The fraction of sp³-hybridized carbons (Fsp3) is 0.217. The highest BCUT2D eigenvalue weighted by molar-refractivity contribution is 5.80. The van der Waals surface area contributed by atoms with Crippen LogP contribution < -0.4 is 10.3 Å². The number of nitrogens with one attached hydrogen (secondary N) is 2. The number of hydrogen-bond acceptors (Lipinski definition) is 6. The minimum atomic E-state index is -0.545. The predicted octanol–water partition coefficient (Wildman–Crippen LogP) is 2.94. The van der Waals surface area contributed by atoms with Crippen molar-refractivity contribution in [3.8, 4) is 5.75 Å². The number of H-pyrrole nitrogens is 2. The smallest absolute Gasteiger partial charge is 0.306 e. The first-order chi connectivity index (χ1) is 15.1. The average molecular weight is 418 g/mol. The molecule has 0 radical (unpaired) electrons. The van der Waals surface area contributed by atoms with Crippen LogP contribution in [0.3, 0.4) is 0 Å². The Kier molecular flexibility index (Phi) is 5.79. The molecule has 158 valence electrons. The van der Waals surface area contributed by atoms with Crippen molar-refractivity contribution in [1.82, 2.24) is 20.2 Å². The average Bonchev–Trinajstić information content (AvgIpc) is 3.17. The number of benzene rings is 2. The standard InChI is InChI=1S/C23H22N4O4/c1-30-15-8-6-14(7-9-15)12-19-21(23(29)27-26-19)17(13-20(28)31-2)16-4-3-5-18-22(16)25-11-10-24-18/h3-11,17H,12-13H2,1-2H3,(H2,26,27,29)/t17-/m0/s1. The van der Waals surface area contributed by atoms with E-state index in [1.807, 2.05) is 42.5 Å². The first kappa shape index (κ1) is 20.3. The number of carbonyl (C=O) groups excluding carboxylic acids is 1. The van der Waals surface area contributed by atoms with E-state index in [0.717, 1.165) is 16.9 Å². The van der Waals surface area contributed by atoms with Crippen molar-refractivity contribution in [2.24, 2.45) is 0 Å². The van der Waals surface area contributed by atoms with Gasteiger partial charge in [0.15, 0.2) is 0 Å². The number of ether oxygens (including phenoxy) is 2. The maximum absolute atomic E-state index is 12.9. The maximum atomic E-state index is 12.9. The highest BCUT2D eigenvalue weighted by atomic mass is 16.5. The molecular weight excluding hydrogens is 396 g/mol. The van der Waals surface area contributed by atoms with Gasteiger partial charge >= 0.3 is 5.97 Å². The normalized spacial score (nSPS) is 11.9. The van der Waals surface area contributed by atoms with Gasteiger partial charge < -0.3 is 14.6 Å². The van der Waals surface area contributed by atoms with Gasteiger partial charge in [-0.05, 0) is 29.3 Å². The molecule has 2 heterocycles. The summed E-state index contributed by atoms with van der Waals surface area (Å²) in [7, 11) is 2.95. The lowest BCUT2D eigenvalue weighted by atomic mass is 9.86. The lowest BCUT2D eigenvalue weighted by Gasteiger charge is -2.17. The molecule has 0 fully saturated rings. The van der Waals surface area contributed by atoms with E-state index in [4.69, 9.17) is 9.47 Å². The number of esters is 1. The van der Waals surface area contributed by atoms with Gasteiger partial charge in [-0.1, -0.05) is 24.3 Å². The van der Waals surface area contributed by atoms with E-state index in [0.29, 0.717) is 28.7 Å². The summed E-state index contributed by atoms with van der Waals surface area (Å²) in [5.74, 6) is -0.206. The van der Waals surface area contributed by atoms with Crippen LogP contribution in [0.1, 0.15) is 34.7 Å². The zero-order valence-corrected chi connectivity index (χ0v) is 17.2. The number of hydrogen-bond donors (Lipinski definition) is 2. The second-order valence-electron chi connectivity index (χ2n) is 7.10. The lowest BCUT2D eigenvalue weighted by molar-refractivity contribution is -0.140. The topological polar surface area (TPSA) is 110 Å². The van der Waals surface area contributed by atoms with Crippen LogP contribution in [0.15, 0.2) is 59.7 Å². The molecule has 2 N–H and O–H groups in total. The van der Waals surface area contributed by atoms with E-state index in [2.05, 4.69) is 20.2 Å². The zero-order chi connectivity index (χ0) is 21.8. The summed E-state index contributed by atoms with van der Waals surface area (Å²) >= 11 is 0. The molecular formula is C23H22N4O4. The van der Waals surface area contributed by atoms with Gasteiger partial charge in [0.25, 0.3) is 5.56 Å². The number of aromatic nitrogens is 4. The molecule has 2 aromatic heterocycles. The lowest BCUT2D eigenvalue weighted by Crippen LogP contribution is -2.18. The molecule has 8 nitrogen and oxygen atoms in total. The van der Waals surface area contributed by atoms with Crippen molar-refractivity contribution in [2.75, 3.05) is 14.2 Å². The monoisotopic (exact) mass is 418 g/mol. The van der Waals surface area contributed by atoms with Crippen LogP contribution in [0, 0.1) is 0 Å². The summed E-state index contributed by atoms with van der Waals surface area (Å²) in [6, 6.07) is 13.2. The van der Waals surface area contributed by atoms with E-state index >= 15 is 0 Å². The molecule has 1 atom stereocenters. The Labute approximate surface area is 178 Å². The number of carbonyl (C=O) groups is 1. The molecule has 31 heavy (non-hydrogen) atoms. The Balaban J connectivity index is 1.81. The number of aromatic amines is 2. The molecule has 8 heteroatoms. The van der Waals surface area contributed by atoms with Crippen molar-refractivity contribution in [3.05, 3.63) is 87.6 Å². The second-order valence-corrected chi connectivity index (χ2v) is 7.10. The van der Waals surface area contributed by atoms with E-state index in [1.165, 1.54) is 7.11 Å². The molecule has 0 saturated heterocycles. The van der Waals surface area contributed by atoms with E-state index in [9.17, 15) is 9.59 Å². The first-order valence-electron chi connectivity index (χ1n) is 9.79.